The SMILES string of the molecule is Cc1cc2occc2cc1O. The van der Waals surface area contributed by atoms with Crippen LogP contribution in [-0.4, -0.2) is 5.11 Å². The minimum Gasteiger partial charge on any atom is -0.508 e. The molecule has 0 bridgehead atoms. The van der Waals surface area contributed by atoms with Crippen LogP contribution in [0.15, 0.2) is 28.9 Å². The second kappa shape index (κ2) is 2.02. The van der Waals surface area contributed by atoms with E-state index in [4.69, 9.17) is 4.42 Å². The fourth-order valence-corrected chi connectivity index (χ4v) is 1.10. The van der Waals surface area contributed by atoms with Gasteiger partial charge in [0.25, 0.3) is 0 Å². The summed E-state index contributed by atoms with van der Waals surface area (Å²) in [4.78, 5) is 0. The highest BCUT2D eigenvalue weighted by Crippen LogP contribution is 2.24. The Balaban J connectivity index is 2.86. The lowest BCUT2D eigenvalue weighted by atomic mass is 10.2. The third kappa shape index (κ3) is 0.871. The van der Waals surface area contributed by atoms with Gasteiger partial charge in [0.2, 0.25) is 0 Å². The van der Waals surface area contributed by atoms with Gasteiger partial charge in [-0.1, -0.05) is 0 Å². The monoisotopic (exact) mass is 148 g/mol. The van der Waals surface area contributed by atoms with Crippen LogP contribution in [0.1, 0.15) is 5.56 Å². The molecule has 11 heavy (non-hydrogen) atoms. The number of benzene rings is 1. The van der Waals surface area contributed by atoms with Crippen molar-refractivity contribution >= 4 is 11.0 Å². The minimum absolute atomic E-state index is 0.318. The molecule has 0 radical (unpaired) electrons. The van der Waals surface area contributed by atoms with E-state index in [9.17, 15) is 5.11 Å². The van der Waals surface area contributed by atoms with Crippen molar-refractivity contribution in [1.82, 2.24) is 0 Å². The first-order chi connectivity index (χ1) is 5.27. The second-order valence-corrected chi connectivity index (χ2v) is 2.60. The van der Waals surface area contributed by atoms with Crippen molar-refractivity contribution in [2.45, 2.75) is 6.92 Å². The first-order valence-electron chi connectivity index (χ1n) is 3.44. The van der Waals surface area contributed by atoms with E-state index in [1.165, 1.54) is 0 Å². The molecule has 0 unspecified atom stereocenters. The third-order valence-electron chi connectivity index (χ3n) is 1.77. The van der Waals surface area contributed by atoms with E-state index in [1.807, 2.05) is 19.1 Å². The number of aryl methyl sites for hydroxylation is 1. The molecule has 0 atom stereocenters. The van der Waals surface area contributed by atoms with Crippen molar-refractivity contribution in [3.05, 3.63) is 30.0 Å². The first kappa shape index (κ1) is 6.28. The van der Waals surface area contributed by atoms with Crippen LogP contribution < -0.4 is 0 Å². The number of hydrogen-bond acceptors (Lipinski definition) is 2. The predicted octanol–water partition coefficient (Wildman–Crippen LogP) is 2.45. The van der Waals surface area contributed by atoms with Gasteiger partial charge in [0.1, 0.15) is 11.3 Å². The lowest BCUT2D eigenvalue weighted by Crippen LogP contribution is -1.72. The maximum Gasteiger partial charge on any atom is 0.134 e. The van der Waals surface area contributed by atoms with Gasteiger partial charge >= 0.3 is 0 Å². The van der Waals surface area contributed by atoms with E-state index in [1.54, 1.807) is 12.3 Å². The Morgan fingerprint density at radius 1 is 1.36 bits per heavy atom. The molecular weight excluding hydrogens is 140 g/mol. The van der Waals surface area contributed by atoms with Crippen LogP contribution in [0.4, 0.5) is 0 Å². The zero-order valence-corrected chi connectivity index (χ0v) is 6.16. The smallest absolute Gasteiger partial charge is 0.134 e. The van der Waals surface area contributed by atoms with Gasteiger partial charge in [0.05, 0.1) is 6.26 Å². The number of phenolic OH excluding ortho intramolecular Hbond substituents is 1. The molecule has 0 aliphatic carbocycles. The highest BCUT2D eigenvalue weighted by Gasteiger charge is 2.00. The zero-order chi connectivity index (χ0) is 7.84. The largest absolute Gasteiger partial charge is 0.508 e. The van der Waals surface area contributed by atoms with Gasteiger partial charge in [-0.25, -0.2) is 0 Å². The number of furan rings is 1. The Morgan fingerprint density at radius 3 is 3.00 bits per heavy atom. The van der Waals surface area contributed by atoms with E-state index >= 15 is 0 Å². The molecule has 1 heterocycles. The Hall–Kier alpha value is -1.44. The number of phenols is 1. The molecule has 1 aromatic heterocycles. The highest BCUT2D eigenvalue weighted by atomic mass is 16.3. The van der Waals surface area contributed by atoms with E-state index in [-0.39, 0.29) is 0 Å². The fourth-order valence-electron chi connectivity index (χ4n) is 1.10. The van der Waals surface area contributed by atoms with Crippen molar-refractivity contribution in [3.63, 3.8) is 0 Å². The van der Waals surface area contributed by atoms with Crippen molar-refractivity contribution in [1.29, 1.82) is 0 Å². The lowest BCUT2D eigenvalue weighted by Gasteiger charge is -1.95. The molecule has 0 fully saturated rings. The maximum atomic E-state index is 9.29. The third-order valence-corrected chi connectivity index (χ3v) is 1.77. The average molecular weight is 148 g/mol. The summed E-state index contributed by atoms with van der Waals surface area (Å²) in [5, 5.41) is 10.2. The molecule has 2 heteroatoms. The van der Waals surface area contributed by atoms with Crippen molar-refractivity contribution in [2.75, 3.05) is 0 Å². The standard InChI is InChI=1S/C9H8O2/c1-6-4-9-7(2-3-11-9)5-8(6)10/h2-5,10H,1H3. The molecule has 0 aliphatic rings. The molecule has 2 aromatic rings. The van der Waals surface area contributed by atoms with E-state index < -0.39 is 0 Å². The highest BCUT2D eigenvalue weighted by molar-refractivity contribution is 5.79. The summed E-state index contributed by atoms with van der Waals surface area (Å²) < 4.78 is 5.14. The molecule has 1 N–H and O–H groups in total. The lowest BCUT2D eigenvalue weighted by molar-refractivity contribution is 0.471. The summed E-state index contributed by atoms with van der Waals surface area (Å²) in [6.07, 6.45) is 1.61. The summed E-state index contributed by atoms with van der Waals surface area (Å²) in [6.45, 7) is 1.84. The number of rotatable bonds is 0. The summed E-state index contributed by atoms with van der Waals surface area (Å²) in [5.41, 5.74) is 1.66. The van der Waals surface area contributed by atoms with Crippen LogP contribution in [0.2, 0.25) is 0 Å². The van der Waals surface area contributed by atoms with E-state index in [0.717, 1.165) is 16.5 Å². The summed E-state index contributed by atoms with van der Waals surface area (Å²) in [6, 6.07) is 5.35. The fraction of sp³-hybridized carbons (Fsp3) is 0.111. The predicted molar refractivity (Wildman–Crippen MR) is 42.6 cm³/mol. The molecule has 2 rings (SSSR count). The van der Waals surface area contributed by atoms with Crippen molar-refractivity contribution in [3.8, 4) is 5.75 Å². The Bertz CT molecular complexity index is 351. The molecule has 0 amide bonds. The maximum absolute atomic E-state index is 9.29. The van der Waals surface area contributed by atoms with Crippen LogP contribution in [0.3, 0.4) is 0 Å². The molecule has 0 spiro atoms. The van der Waals surface area contributed by atoms with Gasteiger partial charge in [-0.15, -0.1) is 0 Å². The van der Waals surface area contributed by atoms with Gasteiger partial charge in [-0.05, 0) is 30.7 Å². The van der Waals surface area contributed by atoms with Crippen molar-refractivity contribution < 1.29 is 9.52 Å². The molecule has 0 saturated carbocycles. The summed E-state index contributed by atoms with van der Waals surface area (Å²) in [5.74, 6) is 0.318. The average Bonchev–Trinajstić information content (AvgIpc) is 2.36. The van der Waals surface area contributed by atoms with Crippen LogP contribution in [0.25, 0.3) is 11.0 Å². The molecule has 2 nitrogen and oxygen atoms in total. The van der Waals surface area contributed by atoms with Gasteiger partial charge in [-0.3, -0.25) is 0 Å². The number of hydrogen-bond donors (Lipinski definition) is 1. The first-order valence-corrected chi connectivity index (χ1v) is 3.44. The summed E-state index contributed by atoms with van der Waals surface area (Å²) >= 11 is 0. The Labute approximate surface area is 64.1 Å². The van der Waals surface area contributed by atoms with Crippen LogP contribution in [0, 0.1) is 6.92 Å². The molecule has 0 aliphatic heterocycles. The zero-order valence-electron chi connectivity index (χ0n) is 6.16. The Kier molecular flexibility index (Phi) is 1.15. The van der Waals surface area contributed by atoms with Gasteiger partial charge in [-0.2, -0.15) is 0 Å². The van der Waals surface area contributed by atoms with Crippen LogP contribution in [-0.2, 0) is 0 Å². The van der Waals surface area contributed by atoms with Gasteiger partial charge in [0.15, 0.2) is 0 Å². The number of fused-ring (bicyclic) bond motifs is 1. The van der Waals surface area contributed by atoms with Crippen LogP contribution in [0.5, 0.6) is 5.75 Å². The van der Waals surface area contributed by atoms with Crippen molar-refractivity contribution in [2.24, 2.45) is 0 Å². The molecule has 0 saturated heterocycles. The van der Waals surface area contributed by atoms with Crippen LogP contribution >= 0.6 is 0 Å². The Morgan fingerprint density at radius 2 is 2.18 bits per heavy atom. The second-order valence-electron chi connectivity index (χ2n) is 2.60. The summed E-state index contributed by atoms with van der Waals surface area (Å²) in [7, 11) is 0. The normalized spacial score (nSPS) is 10.6. The van der Waals surface area contributed by atoms with Gasteiger partial charge in [0, 0.05) is 5.39 Å². The number of aromatic hydroxyl groups is 1. The van der Waals surface area contributed by atoms with E-state index in [2.05, 4.69) is 0 Å². The van der Waals surface area contributed by atoms with Gasteiger partial charge < -0.3 is 9.52 Å². The molecule has 56 valence electrons. The molecular formula is C9H8O2. The minimum atomic E-state index is 0.318. The quantitative estimate of drug-likeness (QED) is 0.622. The molecule has 1 aromatic carbocycles. The van der Waals surface area contributed by atoms with E-state index in [0.29, 0.717) is 5.75 Å². The topological polar surface area (TPSA) is 33.4 Å².